The van der Waals surface area contributed by atoms with Crippen LogP contribution in [0.2, 0.25) is 0 Å². The second-order valence-corrected chi connectivity index (χ2v) is 5.93. The zero-order valence-electron chi connectivity index (χ0n) is 14.2. The third kappa shape index (κ3) is 5.95. The predicted molar refractivity (Wildman–Crippen MR) is 94.2 cm³/mol. The molecule has 0 atom stereocenters. The van der Waals surface area contributed by atoms with Crippen molar-refractivity contribution in [2.45, 2.75) is 32.1 Å². The molecule has 2 rings (SSSR count). The summed E-state index contributed by atoms with van der Waals surface area (Å²) in [7, 11) is 1.63. The first-order valence-electron chi connectivity index (χ1n) is 8.15. The number of para-hydroxylation sites is 1. The number of aryl methyl sites for hydroxylation is 2. The molecule has 0 aliphatic rings. The molecule has 0 saturated carbocycles. The van der Waals surface area contributed by atoms with Gasteiger partial charge in [0.25, 0.3) is 0 Å². The fourth-order valence-corrected chi connectivity index (χ4v) is 2.80. The van der Waals surface area contributed by atoms with E-state index in [0.717, 1.165) is 28.0 Å². The summed E-state index contributed by atoms with van der Waals surface area (Å²) < 4.78 is 5.38. The summed E-state index contributed by atoms with van der Waals surface area (Å²) in [6.07, 6.45) is 1.60. The van der Waals surface area contributed by atoms with E-state index in [1.807, 2.05) is 42.5 Å². The summed E-state index contributed by atoms with van der Waals surface area (Å²) in [6, 6.07) is 13.6. The number of benzene rings is 2. The van der Waals surface area contributed by atoms with Crippen LogP contribution < -0.4 is 4.74 Å². The normalized spacial score (nSPS) is 10.4. The van der Waals surface area contributed by atoms with Crippen LogP contribution in [0.4, 0.5) is 0 Å². The maximum atomic E-state index is 10.8. The maximum absolute atomic E-state index is 10.8. The van der Waals surface area contributed by atoms with Crippen LogP contribution in [0.25, 0.3) is 0 Å². The molecule has 0 aromatic heterocycles. The Morgan fingerprint density at radius 2 is 1.40 bits per heavy atom. The van der Waals surface area contributed by atoms with Crippen molar-refractivity contribution in [2.24, 2.45) is 0 Å². The number of aliphatic carboxylic acids is 2. The van der Waals surface area contributed by atoms with Crippen LogP contribution in [0.1, 0.15) is 35.1 Å². The van der Waals surface area contributed by atoms with Gasteiger partial charge in [0.2, 0.25) is 0 Å². The summed E-state index contributed by atoms with van der Waals surface area (Å²) in [4.78, 5) is 21.7. The first kappa shape index (κ1) is 18.5. The molecule has 5 nitrogen and oxygen atoms in total. The largest absolute Gasteiger partial charge is 0.496 e. The molecule has 2 aromatic rings. The lowest BCUT2D eigenvalue weighted by Gasteiger charge is -2.12. The number of hydrogen-bond acceptors (Lipinski definition) is 3. The molecule has 5 heteroatoms. The van der Waals surface area contributed by atoms with Crippen LogP contribution in [-0.2, 0) is 28.9 Å². The number of carbonyl (C=O) groups is 2. The molecule has 0 aliphatic carbocycles. The lowest BCUT2D eigenvalue weighted by Crippen LogP contribution is -2.02. The summed E-state index contributed by atoms with van der Waals surface area (Å²) in [5.41, 5.74) is 3.88. The van der Waals surface area contributed by atoms with Gasteiger partial charge in [-0.15, -0.1) is 0 Å². The second-order valence-electron chi connectivity index (χ2n) is 5.93. The van der Waals surface area contributed by atoms with Crippen LogP contribution in [-0.4, -0.2) is 29.3 Å². The molecule has 0 radical (unpaired) electrons. The summed E-state index contributed by atoms with van der Waals surface area (Å²) in [5.74, 6) is -0.894. The predicted octanol–water partition coefficient (Wildman–Crippen LogP) is 3.32. The van der Waals surface area contributed by atoms with Gasteiger partial charge in [0.1, 0.15) is 5.75 Å². The van der Waals surface area contributed by atoms with Crippen molar-refractivity contribution in [3.8, 4) is 5.75 Å². The van der Waals surface area contributed by atoms with Crippen molar-refractivity contribution in [2.75, 3.05) is 7.11 Å². The molecule has 0 unspecified atom stereocenters. The van der Waals surface area contributed by atoms with E-state index in [0.29, 0.717) is 19.3 Å². The highest BCUT2D eigenvalue weighted by Crippen LogP contribution is 2.23. The standard InChI is InChI=1S/C20H22O5/c1-25-18-5-3-2-4-17(18)13-16-11-14(6-8-19(21)22)10-15(12-16)7-9-20(23)24/h2-5,10-12H,6-9,13H2,1H3,(H,21,22)(H,23,24). The molecule has 0 saturated heterocycles. The Hall–Kier alpha value is -2.82. The first-order chi connectivity index (χ1) is 12.0. The third-order valence-electron chi connectivity index (χ3n) is 3.95. The summed E-state index contributed by atoms with van der Waals surface area (Å²) >= 11 is 0. The van der Waals surface area contributed by atoms with E-state index in [2.05, 4.69) is 0 Å². The molecule has 2 N–H and O–H groups in total. The van der Waals surface area contributed by atoms with Gasteiger partial charge in [-0.25, -0.2) is 0 Å². The van der Waals surface area contributed by atoms with Gasteiger partial charge in [-0.3, -0.25) is 9.59 Å². The van der Waals surface area contributed by atoms with Gasteiger partial charge < -0.3 is 14.9 Å². The quantitative estimate of drug-likeness (QED) is 0.730. The first-order valence-corrected chi connectivity index (χ1v) is 8.15. The summed E-state index contributed by atoms with van der Waals surface area (Å²) in [5, 5.41) is 17.8. The molecular formula is C20H22O5. The zero-order chi connectivity index (χ0) is 18.2. The van der Waals surface area contributed by atoms with Gasteiger partial charge >= 0.3 is 11.9 Å². The Bertz CT molecular complexity index is 715. The van der Waals surface area contributed by atoms with E-state index in [4.69, 9.17) is 14.9 Å². The molecule has 0 bridgehead atoms. The van der Waals surface area contributed by atoms with Crippen molar-refractivity contribution in [1.29, 1.82) is 0 Å². The topological polar surface area (TPSA) is 83.8 Å². The maximum Gasteiger partial charge on any atom is 0.303 e. The molecule has 2 aromatic carbocycles. The minimum absolute atomic E-state index is 0.0521. The molecule has 25 heavy (non-hydrogen) atoms. The van der Waals surface area contributed by atoms with Crippen LogP contribution in [0.5, 0.6) is 5.75 Å². The van der Waals surface area contributed by atoms with Crippen LogP contribution in [0.3, 0.4) is 0 Å². The molecular weight excluding hydrogens is 320 g/mol. The van der Waals surface area contributed by atoms with E-state index in [1.165, 1.54) is 0 Å². The molecule has 132 valence electrons. The van der Waals surface area contributed by atoms with Gasteiger partial charge in [0.15, 0.2) is 0 Å². The summed E-state index contributed by atoms with van der Waals surface area (Å²) in [6.45, 7) is 0. The van der Waals surface area contributed by atoms with Gasteiger partial charge in [0.05, 0.1) is 7.11 Å². The zero-order valence-corrected chi connectivity index (χ0v) is 14.2. The van der Waals surface area contributed by atoms with Crippen molar-refractivity contribution in [1.82, 2.24) is 0 Å². The number of rotatable bonds is 9. The van der Waals surface area contributed by atoms with Crippen molar-refractivity contribution in [3.05, 3.63) is 64.7 Å². The van der Waals surface area contributed by atoms with Gasteiger partial charge in [-0.05, 0) is 41.2 Å². The Morgan fingerprint density at radius 1 is 0.880 bits per heavy atom. The Kier molecular flexibility index (Phi) is 6.57. The highest BCUT2D eigenvalue weighted by atomic mass is 16.5. The average Bonchev–Trinajstić information content (AvgIpc) is 2.58. The SMILES string of the molecule is COc1ccccc1Cc1cc(CCC(=O)O)cc(CCC(=O)O)c1. The molecule has 0 fully saturated rings. The van der Waals surface area contributed by atoms with Crippen LogP contribution in [0, 0.1) is 0 Å². The number of carboxylic acids is 2. The lowest BCUT2D eigenvalue weighted by molar-refractivity contribution is -0.137. The Morgan fingerprint density at radius 3 is 1.92 bits per heavy atom. The highest BCUT2D eigenvalue weighted by Gasteiger charge is 2.09. The highest BCUT2D eigenvalue weighted by molar-refractivity contribution is 5.67. The second kappa shape index (κ2) is 8.87. The smallest absolute Gasteiger partial charge is 0.303 e. The van der Waals surface area contributed by atoms with Crippen molar-refractivity contribution >= 4 is 11.9 Å². The Labute approximate surface area is 146 Å². The fraction of sp³-hybridized carbons (Fsp3) is 0.300. The molecule has 0 amide bonds. The van der Waals surface area contributed by atoms with Crippen molar-refractivity contribution < 1.29 is 24.5 Å². The lowest BCUT2D eigenvalue weighted by atomic mass is 9.96. The minimum atomic E-state index is -0.845. The van der Waals surface area contributed by atoms with Crippen LogP contribution >= 0.6 is 0 Å². The molecule has 0 aliphatic heterocycles. The number of ether oxygens (including phenoxy) is 1. The number of carboxylic acid groups (broad SMARTS) is 2. The van der Waals surface area contributed by atoms with E-state index in [-0.39, 0.29) is 12.8 Å². The van der Waals surface area contributed by atoms with E-state index in [9.17, 15) is 9.59 Å². The third-order valence-corrected chi connectivity index (χ3v) is 3.95. The van der Waals surface area contributed by atoms with Gasteiger partial charge in [-0.1, -0.05) is 36.4 Å². The van der Waals surface area contributed by atoms with Crippen molar-refractivity contribution in [3.63, 3.8) is 0 Å². The monoisotopic (exact) mass is 342 g/mol. The Balaban J connectivity index is 2.27. The molecule has 0 spiro atoms. The van der Waals surface area contributed by atoms with Crippen LogP contribution in [0.15, 0.2) is 42.5 Å². The minimum Gasteiger partial charge on any atom is -0.496 e. The molecule has 0 heterocycles. The number of methoxy groups -OCH3 is 1. The van der Waals surface area contributed by atoms with E-state index in [1.54, 1.807) is 7.11 Å². The average molecular weight is 342 g/mol. The van der Waals surface area contributed by atoms with Gasteiger partial charge in [-0.2, -0.15) is 0 Å². The van der Waals surface area contributed by atoms with Gasteiger partial charge in [0, 0.05) is 19.3 Å². The van der Waals surface area contributed by atoms with E-state index >= 15 is 0 Å². The van der Waals surface area contributed by atoms with E-state index < -0.39 is 11.9 Å². The fourth-order valence-electron chi connectivity index (χ4n) is 2.80. The number of hydrogen-bond donors (Lipinski definition) is 2.